The van der Waals surface area contributed by atoms with Gasteiger partial charge < -0.3 is 9.47 Å². The highest BCUT2D eigenvalue weighted by atomic mass is 16.5. The first kappa shape index (κ1) is 17.6. The van der Waals surface area contributed by atoms with E-state index in [9.17, 15) is 14.4 Å². The molecule has 7 heteroatoms. The molecule has 134 valence electrons. The number of benzene rings is 1. The van der Waals surface area contributed by atoms with Crippen LogP contribution in [0.15, 0.2) is 47.0 Å². The first-order valence-corrected chi connectivity index (χ1v) is 8.17. The Morgan fingerprint density at radius 1 is 1.15 bits per heavy atom. The van der Waals surface area contributed by atoms with Gasteiger partial charge in [0.25, 0.3) is 5.56 Å². The molecule has 1 aromatic heterocycles. The van der Waals surface area contributed by atoms with Gasteiger partial charge in [-0.05, 0) is 12.0 Å². The van der Waals surface area contributed by atoms with E-state index in [-0.39, 0.29) is 22.8 Å². The fraction of sp³-hybridized carbons (Fsp3) is 0.263. The number of hydrogen-bond acceptors (Lipinski definition) is 6. The van der Waals surface area contributed by atoms with Gasteiger partial charge in [-0.3, -0.25) is 9.59 Å². The van der Waals surface area contributed by atoms with Crippen molar-refractivity contribution in [2.45, 2.75) is 19.3 Å². The zero-order chi connectivity index (χ0) is 18.7. The summed E-state index contributed by atoms with van der Waals surface area (Å²) in [6.07, 6.45) is 2.90. The van der Waals surface area contributed by atoms with E-state index in [1.807, 2.05) is 6.07 Å². The second kappa shape index (κ2) is 7.35. The minimum Gasteiger partial charge on any atom is -0.493 e. The standard InChI is InChI=1S/C19H18N2O5/c1-21-18(23)15(12-7-4-3-5-8-12)17(25-2)16(20-21)19(24)26-14-10-6-9-13(22)11-14/h3-5,7-8,11H,6,9-10H2,1-2H3. The molecule has 26 heavy (non-hydrogen) atoms. The number of hydrogen-bond donors (Lipinski definition) is 0. The number of carbonyl (C=O) groups is 2. The first-order valence-electron chi connectivity index (χ1n) is 8.17. The average Bonchev–Trinajstić information content (AvgIpc) is 2.64. The van der Waals surface area contributed by atoms with E-state index in [1.54, 1.807) is 24.3 Å². The molecule has 1 aliphatic carbocycles. The van der Waals surface area contributed by atoms with Crippen LogP contribution in [-0.4, -0.2) is 28.6 Å². The highest BCUT2D eigenvalue weighted by molar-refractivity contribution is 5.95. The number of ketones is 1. The maximum Gasteiger partial charge on any atom is 0.367 e. The van der Waals surface area contributed by atoms with Crippen molar-refractivity contribution in [3.05, 3.63) is 58.2 Å². The van der Waals surface area contributed by atoms with E-state index in [4.69, 9.17) is 9.47 Å². The van der Waals surface area contributed by atoms with Crippen LogP contribution in [0.2, 0.25) is 0 Å². The lowest BCUT2D eigenvalue weighted by Crippen LogP contribution is -2.26. The Labute approximate surface area is 149 Å². The summed E-state index contributed by atoms with van der Waals surface area (Å²) in [5.41, 5.74) is 0.323. The fourth-order valence-corrected chi connectivity index (χ4v) is 2.82. The minimum absolute atomic E-state index is 0.0482. The van der Waals surface area contributed by atoms with Crippen LogP contribution in [-0.2, 0) is 16.6 Å². The van der Waals surface area contributed by atoms with Gasteiger partial charge in [0.1, 0.15) is 5.76 Å². The van der Waals surface area contributed by atoms with Crippen LogP contribution in [0.1, 0.15) is 29.8 Å². The molecule has 1 aliphatic rings. The number of carbonyl (C=O) groups excluding carboxylic acids is 2. The molecule has 0 fully saturated rings. The Balaban J connectivity index is 2.07. The van der Waals surface area contributed by atoms with Gasteiger partial charge in [0, 0.05) is 26.0 Å². The molecule has 0 saturated carbocycles. The fourth-order valence-electron chi connectivity index (χ4n) is 2.82. The SMILES string of the molecule is COc1c(C(=O)OC2=CC(=O)CCC2)nn(C)c(=O)c1-c1ccccc1. The molecule has 3 rings (SSSR count). The number of aryl methyl sites for hydroxylation is 1. The van der Waals surface area contributed by atoms with Crippen molar-refractivity contribution in [2.24, 2.45) is 7.05 Å². The summed E-state index contributed by atoms with van der Waals surface area (Å²) in [7, 11) is 2.82. The summed E-state index contributed by atoms with van der Waals surface area (Å²) < 4.78 is 11.7. The van der Waals surface area contributed by atoms with Crippen LogP contribution < -0.4 is 10.3 Å². The number of esters is 1. The molecular formula is C19H18N2O5. The normalized spacial score (nSPS) is 13.9. The molecular weight excluding hydrogens is 336 g/mol. The topological polar surface area (TPSA) is 87.5 Å². The van der Waals surface area contributed by atoms with Crippen molar-refractivity contribution >= 4 is 11.8 Å². The summed E-state index contributed by atoms with van der Waals surface area (Å²) in [5.74, 6) is -0.503. The van der Waals surface area contributed by atoms with Gasteiger partial charge in [0.05, 0.1) is 12.7 Å². The molecule has 0 amide bonds. The van der Waals surface area contributed by atoms with Crippen LogP contribution >= 0.6 is 0 Å². The summed E-state index contributed by atoms with van der Waals surface area (Å²) in [6.45, 7) is 0. The van der Waals surface area contributed by atoms with E-state index in [0.717, 1.165) is 4.68 Å². The predicted octanol–water partition coefficient (Wildman–Crippen LogP) is 2.25. The Morgan fingerprint density at radius 2 is 1.88 bits per heavy atom. The third kappa shape index (κ3) is 3.42. The van der Waals surface area contributed by atoms with E-state index < -0.39 is 11.5 Å². The predicted molar refractivity (Wildman–Crippen MR) is 93.8 cm³/mol. The van der Waals surface area contributed by atoms with Crippen LogP contribution in [0.5, 0.6) is 5.75 Å². The second-order valence-electron chi connectivity index (χ2n) is 5.87. The van der Waals surface area contributed by atoms with Crippen molar-refractivity contribution in [1.82, 2.24) is 9.78 Å². The van der Waals surface area contributed by atoms with Crippen molar-refractivity contribution in [1.29, 1.82) is 0 Å². The maximum atomic E-state index is 12.6. The molecule has 0 unspecified atom stereocenters. The van der Waals surface area contributed by atoms with Crippen molar-refractivity contribution in [3.63, 3.8) is 0 Å². The third-order valence-electron chi connectivity index (χ3n) is 4.05. The Kier molecular flexibility index (Phi) is 4.97. The van der Waals surface area contributed by atoms with Gasteiger partial charge >= 0.3 is 5.97 Å². The van der Waals surface area contributed by atoms with E-state index in [1.165, 1.54) is 20.2 Å². The molecule has 2 aromatic rings. The largest absolute Gasteiger partial charge is 0.493 e. The van der Waals surface area contributed by atoms with E-state index in [2.05, 4.69) is 5.10 Å². The quantitative estimate of drug-likeness (QED) is 0.783. The molecule has 1 heterocycles. The summed E-state index contributed by atoms with van der Waals surface area (Å²) in [6, 6.07) is 8.88. The monoisotopic (exact) mass is 354 g/mol. The molecule has 0 N–H and O–H groups in total. The lowest BCUT2D eigenvalue weighted by atomic mass is 10.0. The molecule has 0 atom stereocenters. The summed E-state index contributed by atoms with van der Waals surface area (Å²) >= 11 is 0. The van der Waals surface area contributed by atoms with Gasteiger partial charge in [0.2, 0.25) is 5.69 Å². The maximum absolute atomic E-state index is 12.6. The number of allylic oxidation sites excluding steroid dienone is 2. The summed E-state index contributed by atoms with van der Waals surface area (Å²) in [5, 5.41) is 4.01. The highest BCUT2D eigenvalue weighted by Crippen LogP contribution is 2.30. The molecule has 0 radical (unpaired) electrons. The molecule has 0 aliphatic heterocycles. The lowest BCUT2D eigenvalue weighted by molar-refractivity contribution is -0.115. The van der Waals surface area contributed by atoms with Gasteiger partial charge in [-0.15, -0.1) is 0 Å². The van der Waals surface area contributed by atoms with Crippen LogP contribution in [0.4, 0.5) is 0 Å². The van der Waals surface area contributed by atoms with Crippen LogP contribution in [0, 0.1) is 0 Å². The van der Waals surface area contributed by atoms with Crippen molar-refractivity contribution < 1.29 is 19.1 Å². The van der Waals surface area contributed by atoms with E-state index >= 15 is 0 Å². The molecule has 0 bridgehead atoms. The van der Waals surface area contributed by atoms with Gasteiger partial charge in [0.15, 0.2) is 11.5 Å². The molecule has 7 nitrogen and oxygen atoms in total. The zero-order valence-electron chi connectivity index (χ0n) is 14.5. The van der Waals surface area contributed by atoms with Crippen molar-refractivity contribution in [3.8, 4) is 16.9 Å². The first-order chi connectivity index (χ1) is 12.5. The lowest BCUT2D eigenvalue weighted by Gasteiger charge is -2.15. The molecule has 1 aromatic carbocycles. The van der Waals surface area contributed by atoms with Gasteiger partial charge in [-0.25, -0.2) is 9.48 Å². The Hall–Kier alpha value is -3.22. The smallest absolute Gasteiger partial charge is 0.367 e. The number of aromatic nitrogens is 2. The molecule has 0 saturated heterocycles. The number of ether oxygens (including phenoxy) is 2. The minimum atomic E-state index is -0.768. The zero-order valence-corrected chi connectivity index (χ0v) is 14.5. The van der Waals surface area contributed by atoms with Gasteiger partial charge in [-0.2, -0.15) is 5.10 Å². The van der Waals surface area contributed by atoms with Gasteiger partial charge in [-0.1, -0.05) is 30.3 Å². The number of nitrogens with zero attached hydrogens (tertiary/aromatic N) is 2. The number of rotatable bonds is 4. The van der Waals surface area contributed by atoms with Crippen LogP contribution in [0.3, 0.4) is 0 Å². The molecule has 0 spiro atoms. The third-order valence-corrected chi connectivity index (χ3v) is 4.05. The second-order valence-corrected chi connectivity index (χ2v) is 5.87. The van der Waals surface area contributed by atoms with Crippen LogP contribution in [0.25, 0.3) is 11.1 Å². The van der Waals surface area contributed by atoms with Crippen molar-refractivity contribution in [2.75, 3.05) is 7.11 Å². The Morgan fingerprint density at radius 3 is 2.54 bits per heavy atom. The average molecular weight is 354 g/mol. The summed E-state index contributed by atoms with van der Waals surface area (Å²) in [4.78, 5) is 36.7. The van der Waals surface area contributed by atoms with E-state index in [0.29, 0.717) is 30.6 Å². The Bertz CT molecular complexity index is 944. The number of methoxy groups -OCH3 is 1. The highest BCUT2D eigenvalue weighted by Gasteiger charge is 2.26.